The Morgan fingerprint density at radius 1 is 1.36 bits per heavy atom. The molecule has 4 nitrogen and oxygen atoms in total. The first-order chi connectivity index (χ1) is 6.20. The summed E-state index contributed by atoms with van der Waals surface area (Å²) in [6.07, 6.45) is 1.05. The highest BCUT2D eigenvalue weighted by Gasteiger charge is 2.14. The zero-order valence-corrected chi connectivity index (χ0v) is 9.69. The standard InChI is InChI=1S/C9H19N3O.ClH/c1-8(2)11-9(13)12-6-3-4-10-5-7-12;/h8,10H,3-7H2,1-2H3,(H,11,13);1H. The van der Waals surface area contributed by atoms with E-state index in [2.05, 4.69) is 10.6 Å². The van der Waals surface area contributed by atoms with Gasteiger partial charge < -0.3 is 15.5 Å². The summed E-state index contributed by atoms with van der Waals surface area (Å²) in [7, 11) is 0. The predicted molar refractivity (Wildman–Crippen MR) is 60.0 cm³/mol. The van der Waals surface area contributed by atoms with Crippen LogP contribution in [0.1, 0.15) is 20.3 Å². The maximum Gasteiger partial charge on any atom is 0.317 e. The fourth-order valence-corrected chi connectivity index (χ4v) is 1.39. The minimum atomic E-state index is 0. The molecule has 1 rings (SSSR count). The van der Waals surface area contributed by atoms with Crippen LogP contribution in [0.2, 0.25) is 0 Å². The summed E-state index contributed by atoms with van der Waals surface area (Å²) in [6, 6.07) is 0.294. The predicted octanol–water partition coefficient (Wildman–Crippen LogP) is 0.821. The number of urea groups is 1. The highest BCUT2D eigenvalue weighted by molar-refractivity contribution is 5.85. The smallest absolute Gasteiger partial charge is 0.317 e. The Bertz CT molecular complexity index is 167. The van der Waals surface area contributed by atoms with E-state index in [4.69, 9.17) is 0 Å². The molecule has 1 fully saturated rings. The summed E-state index contributed by atoms with van der Waals surface area (Å²) in [6.45, 7) is 7.57. The molecule has 0 radical (unpaired) electrons. The molecule has 14 heavy (non-hydrogen) atoms. The van der Waals surface area contributed by atoms with Crippen LogP contribution in [0.15, 0.2) is 0 Å². The Morgan fingerprint density at radius 2 is 2.07 bits per heavy atom. The molecule has 0 atom stereocenters. The van der Waals surface area contributed by atoms with Crippen molar-refractivity contribution in [1.82, 2.24) is 15.5 Å². The normalized spacial score (nSPS) is 17.2. The molecule has 0 aliphatic carbocycles. The van der Waals surface area contributed by atoms with Crippen LogP contribution >= 0.6 is 12.4 Å². The fourth-order valence-electron chi connectivity index (χ4n) is 1.39. The second-order valence-corrected chi connectivity index (χ2v) is 3.69. The lowest BCUT2D eigenvalue weighted by Gasteiger charge is -2.21. The maximum atomic E-state index is 11.5. The van der Waals surface area contributed by atoms with Crippen molar-refractivity contribution in [2.24, 2.45) is 0 Å². The average Bonchev–Trinajstić information content (AvgIpc) is 2.29. The van der Waals surface area contributed by atoms with Crippen molar-refractivity contribution in [3.05, 3.63) is 0 Å². The molecule has 0 aromatic rings. The molecular weight excluding hydrogens is 202 g/mol. The number of amides is 2. The number of carbonyl (C=O) groups is 1. The molecule has 2 amide bonds. The van der Waals surface area contributed by atoms with Crippen LogP contribution in [0.3, 0.4) is 0 Å². The van der Waals surface area contributed by atoms with E-state index in [1.807, 2.05) is 18.7 Å². The molecule has 84 valence electrons. The Morgan fingerprint density at radius 3 is 2.71 bits per heavy atom. The van der Waals surface area contributed by atoms with Gasteiger partial charge in [-0.2, -0.15) is 0 Å². The van der Waals surface area contributed by atoms with Crippen LogP contribution in [0.5, 0.6) is 0 Å². The molecule has 5 heteroatoms. The minimum Gasteiger partial charge on any atom is -0.336 e. The Kier molecular flexibility index (Phi) is 6.66. The van der Waals surface area contributed by atoms with E-state index in [0.29, 0.717) is 0 Å². The summed E-state index contributed by atoms with van der Waals surface area (Å²) in [5.41, 5.74) is 0. The second kappa shape index (κ2) is 6.90. The van der Waals surface area contributed by atoms with Crippen molar-refractivity contribution in [1.29, 1.82) is 0 Å². The van der Waals surface area contributed by atoms with Gasteiger partial charge in [0.25, 0.3) is 0 Å². The third kappa shape index (κ3) is 4.67. The lowest BCUT2D eigenvalue weighted by atomic mass is 10.4. The van der Waals surface area contributed by atoms with E-state index in [1.54, 1.807) is 0 Å². The van der Waals surface area contributed by atoms with Crippen LogP contribution in [-0.4, -0.2) is 43.2 Å². The van der Waals surface area contributed by atoms with E-state index >= 15 is 0 Å². The van der Waals surface area contributed by atoms with Crippen LogP contribution in [-0.2, 0) is 0 Å². The maximum absolute atomic E-state index is 11.5. The zero-order valence-electron chi connectivity index (χ0n) is 8.88. The lowest BCUT2D eigenvalue weighted by molar-refractivity contribution is 0.198. The van der Waals surface area contributed by atoms with Gasteiger partial charge in [-0.15, -0.1) is 12.4 Å². The zero-order chi connectivity index (χ0) is 9.68. The van der Waals surface area contributed by atoms with Gasteiger partial charge >= 0.3 is 6.03 Å². The number of nitrogens with one attached hydrogen (secondary N) is 2. The average molecular weight is 222 g/mol. The first-order valence-electron chi connectivity index (χ1n) is 4.96. The van der Waals surface area contributed by atoms with Gasteiger partial charge in [0.15, 0.2) is 0 Å². The summed E-state index contributed by atoms with van der Waals surface area (Å²) in [4.78, 5) is 13.4. The molecule has 0 aromatic heterocycles. The number of hydrogen-bond donors (Lipinski definition) is 2. The largest absolute Gasteiger partial charge is 0.336 e. The summed E-state index contributed by atoms with van der Waals surface area (Å²) < 4.78 is 0. The topological polar surface area (TPSA) is 44.4 Å². The number of nitrogens with zero attached hydrogens (tertiary/aromatic N) is 1. The van der Waals surface area contributed by atoms with Crippen LogP contribution in [0.4, 0.5) is 4.79 Å². The van der Waals surface area contributed by atoms with Gasteiger partial charge in [-0.25, -0.2) is 4.79 Å². The number of hydrogen-bond acceptors (Lipinski definition) is 2. The molecule has 1 saturated heterocycles. The van der Waals surface area contributed by atoms with E-state index in [9.17, 15) is 4.79 Å². The van der Waals surface area contributed by atoms with Gasteiger partial charge in [0, 0.05) is 25.7 Å². The van der Waals surface area contributed by atoms with Crippen molar-refractivity contribution in [3.63, 3.8) is 0 Å². The molecule has 0 saturated carbocycles. The van der Waals surface area contributed by atoms with Crippen molar-refractivity contribution < 1.29 is 4.79 Å². The van der Waals surface area contributed by atoms with E-state index < -0.39 is 0 Å². The van der Waals surface area contributed by atoms with Gasteiger partial charge in [-0.05, 0) is 26.8 Å². The Balaban J connectivity index is 0.00000169. The summed E-state index contributed by atoms with van der Waals surface area (Å²) in [5.74, 6) is 0. The highest BCUT2D eigenvalue weighted by atomic mass is 35.5. The van der Waals surface area contributed by atoms with Crippen molar-refractivity contribution >= 4 is 18.4 Å². The van der Waals surface area contributed by atoms with Gasteiger partial charge in [0.1, 0.15) is 0 Å². The fraction of sp³-hybridized carbons (Fsp3) is 0.889. The van der Waals surface area contributed by atoms with E-state index in [0.717, 1.165) is 32.6 Å². The third-order valence-corrected chi connectivity index (χ3v) is 2.04. The number of carbonyl (C=O) groups excluding carboxylic acids is 1. The van der Waals surface area contributed by atoms with Gasteiger partial charge in [-0.3, -0.25) is 0 Å². The van der Waals surface area contributed by atoms with Crippen LogP contribution in [0.25, 0.3) is 0 Å². The Hall–Kier alpha value is -0.480. The summed E-state index contributed by atoms with van der Waals surface area (Å²) >= 11 is 0. The molecule has 0 spiro atoms. The molecule has 0 unspecified atom stereocenters. The van der Waals surface area contributed by atoms with Crippen molar-refractivity contribution in [2.75, 3.05) is 26.2 Å². The van der Waals surface area contributed by atoms with Crippen LogP contribution < -0.4 is 10.6 Å². The van der Waals surface area contributed by atoms with Gasteiger partial charge in [0.2, 0.25) is 0 Å². The van der Waals surface area contributed by atoms with Gasteiger partial charge in [0.05, 0.1) is 0 Å². The van der Waals surface area contributed by atoms with E-state index in [1.165, 1.54) is 0 Å². The molecule has 0 bridgehead atoms. The lowest BCUT2D eigenvalue weighted by Crippen LogP contribution is -2.44. The number of halogens is 1. The first-order valence-corrected chi connectivity index (χ1v) is 4.96. The molecule has 1 aliphatic rings. The van der Waals surface area contributed by atoms with Crippen LogP contribution in [0, 0.1) is 0 Å². The van der Waals surface area contributed by atoms with E-state index in [-0.39, 0.29) is 24.5 Å². The van der Waals surface area contributed by atoms with Crippen molar-refractivity contribution in [3.8, 4) is 0 Å². The highest BCUT2D eigenvalue weighted by Crippen LogP contribution is 1.96. The monoisotopic (exact) mass is 221 g/mol. The summed E-state index contributed by atoms with van der Waals surface area (Å²) in [5, 5.41) is 6.16. The SMILES string of the molecule is CC(C)NC(=O)N1CCCNCC1.Cl. The molecule has 0 aromatic carbocycles. The molecular formula is C9H20ClN3O. The third-order valence-electron chi connectivity index (χ3n) is 2.04. The second-order valence-electron chi connectivity index (χ2n) is 3.69. The molecule has 1 aliphatic heterocycles. The van der Waals surface area contributed by atoms with Crippen molar-refractivity contribution in [2.45, 2.75) is 26.3 Å². The van der Waals surface area contributed by atoms with Gasteiger partial charge in [-0.1, -0.05) is 0 Å². The first kappa shape index (κ1) is 13.5. The quantitative estimate of drug-likeness (QED) is 0.689. The molecule has 1 heterocycles. The number of rotatable bonds is 1. The minimum absolute atomic E-state index is 0. The molecule has 2 N–H and O–H groups in total. The Labute approximate surface area is 91.8 Å².